The number of likely N-dealkylation sites (tertiary alicyclic amines) is 1. The van der Waals surface area contributed by atoms with Crippen molar-refractivity contribution in [2.75, 3.05) is 19.6 Å². The third-order valence-corrected chi connectivity index (χ3v) is 6.39. The number of carbonyl (C=O) groups excluding carboxylic acids is 1. The van der Waals surface area contributed by atoms with Crippen molar-refractivity contribution < 1.29 is 4.79 Å². The van der Waals surface area contributed by atoms with E-state index in [1.165, 1.54) is 5.56 Å². The first-order valence-corrected chi connectivity index (χ1v) is 10.6. The van der Waals surface area contributed by atoms with Gasteiger partial charge in [-0.15, -0.1) is 0 Å². The lowest BCUT2D eigenvalue weighted by Gasteiger charge is -2.32. The van der Waals surface area contributed by atoms with Crippen LogP contribution < -0.4 is 0 Å². The van der Waals surface area contributed by atoms with Crippen LogP contribution in [0.1, 0.15) is 53.9 Å². The molecule has 1 saturated heterocycles. The second-order valence-electron chi connectivity index (χ2n) is 7.15. The van der Waals surface area contributed by atoms with Gasteiger partial charge in [-0.05, 0) is 81.1 Å². The summed E-state index contributed by atoms with van der Waals surface area (Å²) in [6.45, 7) is 3.23. The molecule has 3 rings (SSSR count). The first kappa shape index (κ1) is 20.7. The lowest BCUT2D eigenvalue weighted by atomic mass is 9.89. The summed E-state index contributed by atoms with van der Waals surface area (Å²) in [6.07, 6.45) is 4.76. The Morgan fingerprint density at radius 1 is 0.926 bits per heavy atom. The molecule has 27 heavy (non-hydrogen) atoms. The van der Waals surface area contributed by atoms with E-state index in [-0.39, 0.29) is 5.78 Å². The first-order valence-electron chi connectivity index (χ1n) is 9.49. The number of piperidine rings is 1. The van der Waals surface area contributed by atoms with E-state index < -0.39 is 0 Å². The summed E-state index contributed by atoms with van der Waals surface area (Å²) >= 11 is 18.2. The second kappa shape index (κ2) is 9.93. The molecule has 0 N–H and O–H groups in total. The molecule has 0 aromatic heterocycles. The minimum absolute atomic E-state index is 0.131. The van der Waals surface area contributed by atoms with Crippen LogP contribution in [0, 0.1) is 0 Å². The summed E-state index contributed by atoms with van der Waals surface area (Å²) in [5, 5.41) is 1.80. The fourth-order valence-corrected chi connectivity index (χ4v) is 4.30. The summed E-state index contributed by atoms with van der Waals surface area (Å²) in [5.74, 6) is 0.692. The summed E-state index contributed by atoms with van der Waals surface area (Å²) in [5.41, 5.74) is 1.93. The maximum atomic E-state index is 12.3. The largest absolute Gasteiger partial charge is 0.303 e. The quantitative estimate of drug-likeness (QED) is 0.356. The number of hydrogen-bond donors (Lipinski definition) is 0. The number of Topliss-reactive ketones (excluding diaryl/α,β-unsaturated/α-hetero) is 1. The van der Waals surface area contributed by atoms with Gasteiger partial charge in [0.05, 0.1) is 10.0 Å². The molecule has 0 spiro atoms. The third kappa shape index (κ3) is 5.71. The van der Waals surface area contributed by atoms with Gasteiger partial charge in [-0.1, -0.05) is 53.0 Å². The predicted octanol–water partition coefficient (Wildman–Crippen LogP) is 6.88. The Kier molecular flexibility index (Phi) is 7.60. The highest BCUT2D eigenvalue weighted by atomic mass is 35.5. The number of halogens is 3. The molecule has 2 nitrogen and oxygen atoms in total. The van der Waals surface area contributed by atoms with Crippen molar-refractivity contribution in [3.05, 3.63) is 68.7 Å². The number of hydrogen-bond acceptors (Lipinski definition) is 2. The molecule has 0 radical (unpaired) electrons. The number of rotatable bonds is 7. The lowest BCUT2D eigenvalue weighted by Crippen LogP contribution is -2.33. The monoisotopic (exact) mass is 423 g/mol. The van der Waals surface area contributed by atoms with Gasteiger partial charge >= 0.3 is 0 Å². The maximum absolute atomic E-state index is 12.3. The zero-order valence-electron chi connectivity index (χ0n) is 15.3. The van der Waals surface area contributed by atoms with Gasteiger partial charge in [-0.2, -0.15) is 0 Å². The van der Waals surface area contributed by atoms with Crippen molar-refractivity contribution in [2.45, 2.75) is 38.0 Å². The molecule has 2 aromatic rings. The summed E-state index contributed by atoms with van der Waals surface area (Å²) in [7, 11) is 0. The Morgan fingerprint density at radius 3 is 2.37 bits per heavy atom. The smallest absolute Gasteiger partial charge is 0.162 e. The Bertz CT molecular complexity index is 785. The van der Waals surface area contributed by atoms with Gasteiger partial charge in [-0.25, -0.2) is 0 Å². The Morgan fingerprint density at radius 2 is 1.67 bits per heavy atom. The van der Waals surface area contributed by atoms with Crippen LogP contribution in [0.2, 0.25) is 15.1 Å². The zero-order valence-corrected chi connectivity index (χ0v) is 17.5. The molecule has 0 bridgehead atoms. The van der Waals surface area contributed by atoms with E-state index in [9.17, 15) is 4.79 Å². The molecule has 1 aliphatic rings. The van der Waals surface area contributed by atoms with Crippen LogP contribution in [-0.4, -0.2) is 30.3 Å². The van der Waals surface area contributed by atoms with Crippen molar-refractivity contribution in [1.29, 1.82) is 0 Å². The van der Waals surface area contributed by atoms with Gasteiger partial charge in [-0.3, -0.25) is 4.79 Å². The van der Waals surface area contributed by atoms with Crippen molar-refractivity contribution in [2.24, 2.45) is 0 Å². The molecule has 5 heteroatoms. The van der Waals surface area contributed by atoms with E-state index in [1.54, 1.807) is 18.2 Å². The number of ketones is 1. The average molecular weight is 425 g/mol. The fourth-order valence-electron chi connectivity index (χ4n) is 3.71. The van der Waals surface area contributed by atoms with E-state index in [2.05, 4.69) is 17.0 Å². The minimum Gasteiger partial charge on any atom is -0.303 e. The second-order valence-corrected chi connectivity index (χ2v) is 8.37. The van der Waals surface area contributed by atoms with Crippen LogP contribution in [0.3, 0.4) is 0 Å². The van der Waals surface area contributed by atoms with E-state index in [0.717, 1.165) is 50.3 Å². The average Bonchev–Trinajstić information content (AvgIpc) is 2.68. The molecule has 0 amide bonds. The summed E-state index contributed by atoms with van der Waals surface area (Å²) in [6, 6.07) is 13.3. The maximum Gasteiger partial charge on any atom is 0.162 e. The zero-order chi connectivity index (χ0) is 19.2. The Balaban J connectivity index is 1.37. The van der Waals surface area contributed by atoms with Crippen LogP contribution in [0.25, 0.3) is 0 Å². The molecule has 0 saturated carbocycles. The van der Waals surface area contributed by atoms with Crippen LogP contribution >= 0.6 is 34.8 Å². The topological polar surface area (TPSA) is 20.3 Å². The SMILES string of the molecule is O=C(CCCCN1CCC(c2ccccc2Cl)CC1)c1ccc(Cl)c(Cl)c1. The van der Waals surface area contributed by atoms with Crippen molar-refractivity contribution in [1.82, 2.24) is 4.90 Å². The number of unbranched alkanes of at least 4 members (excludes halogenated alkanes) is 1. The molecule has 1 aliphatic heterocycles. The normalized spacial score (nSPS) is 15.8. The predicted molar refractivity (Wildman–Crippen MR) is 115 cm³/mol. The lowest BCUT2D eigenvalue weighted by molar-refractivity contribution is 0.0977. The molecular formula is C22H24Cl3NO. The Hall–Kier alpha value is -1.06. The highest BCUT2D eigenvalue weighted by Crippen LogP contribution is 2.32. The highest BCUT2D eigenvalue weighted by Gasteiger charge is 2.21. The summed E-state index contributed by atoms with van der Waals surface area (Å²) in [4.78, 5) is 14.8. The third-order valence-electron chi connectivity index (χ3n) is 5.30. The van der Waals surface area contributed by atoms with E-state index in [4.69, 9.17) is 34.8 Å². The van der Waals surface area contributed by atoms with Crippen LogP contribution in [0.5, 0.6) is 0 Å². The molecule has 144 valence electrons. The minimum atomic E-state index is 0.131. The van der Waals surface area contributed by atoms with Crippen LogP contribution in [0.4, 0.5) is 0 Å². The van der Waals surface area contributed by atoms with Crippen molar-refractivity contribution in [3.63, 3.8) is 0 Å². The van der Waals surface area contributed by atoms with E-state index >= 15 is 0 Å². The van der Waals surface area contributed by atoms with Crippen LogP contribution in [0.15, 0.2) is 42.5 Å². The fraction of sp³-hybridized carbons (Fsp3) is 0.409. The van der Waals surface area contributed by atoms with Gasteiger partial charge < -0.3 is 4.90 Å². The van der Waals surface area contributed by atoms with Gasteiger partial charge in [0.25, 0.3) is 0 Å². The van der Waals surface area contributed by atoms with E-state index in [1.807, 2.05) is 12.1 Å². The molecule has 1 heterocycles. The van der Waals surface area contributed by atoms with Gasteiger partial charge in [0, 0.05) is 17.0 Å². The number of nitrogens with zero attached hydrogens (tertiary/aromatic N) is 1. The molecule has 1 fully saturated rings. The molecule has 2 aromatic carbocycles. The van der Waals surface area contributed by atoms with Gasteiger partial charge in [0.1, 0.15) is 0 Å². The highest BCUT2D eigenvalue weighted by molar-refractivity contribution is 6.42. The molecule has 0 aliphatic carbocycles. The van der Waals surface area contributed by atoms with Crippen molar-refractivity contribution >= 4 is 40.6 Å². The molecule has 0 unspecified atom stereocenters. The first-order chi connectivity index (χ1) is 13.0. The molecular weight excluding hydrogens is 401 g/mol. The van der Waals surface area contributed by atoms with Crippen molar-refractivity contribution in [3.8, 4) is 0 Å². The number of carbonyl (C=O) groups is 1. The van der Waals surface area contributed by atoms with E-state index in [0.29, 0.717) is 27.9 Å². The van der Waals surface area contributed by atoms with Crippen LogP contribution in [-0.2, 0) is 0 Å². The Labute approximate surface area is 176 Å². The van der Waals surface area contributed by atoms with Gasteiger partial charge in [0.15, 0.2) is 5.78 Å². The van der Waals surface area contributed by atoms with Gasteiger partial charge in [0.2, 0.25) is 0 Å². The molecule has 0 atom stereocenters. The summed E-state index contributed by atoms with van der Waals surface area (Å²) < 4.78 is 0. The standard InChI is InChI=1S/C22H24Cl3NO/c23-19-6-2-1-5-18(19)16-10-13-26(14-11-16)12-4-3-7-22(27)17-8-9-20(24)21(25)15-17/h1-2,5-6,8-9,15-16H,3-4,7,10-14H2. The number of benzene rings is 2.